The van der Waals surface area contributed by atoms with E-state index in [0.29, 0.717) is 5.69 Å². The molecule has 0 spiro atoms. The molecule has 1 heterocycles. The van der Waals surface area contributed by atoms with Crippen LogP contribution in [0.15, 0.2) is 18.2 Å². The normalized spacial score (nSPS) is 19.4. The minimum Gasteiger partial charge on any atom is -0.492 e. The van der Waals surface area contributed by atoms with Crippen molar-refractivity contribution in [3.8, 4) is 5.75 Å². The van der Waals surface area contributed by atoms with Gasteiger partial charge in [0.05, 0.1) is 18.6 Å². The Kier molecular flexibility index (Phi) is 4.19. The van der Waals surface area contributed by atoms with Crippen molar-refractivity contribution in [1.29, 1.82) is 0 Å². The third-order valence-electron chi connectivity index (χ3n) is 3.08. The van der Waals surface area contributed by atoms with Gasteiger partial charge in [-0.15, -0.1) is 0 Å². The smallest absolute Gasteiger partial charge is 0.232 e. The number of benzene rings is 1. The SMILES string of the molecule is COc1c(F)cccc1N1CC(CS(=O)(=O)Cl)CC1=O. The van der Waals surface area contributed by atoms with E-state index in [1.54, 1.807) is 6.07 Å². The van der Waals surface area contributed by atoms with Gasteiger partial charge in [0, 0.05) is 29.6 Å². The summed E-state index contributed by atoms with van der Waals surface area (Å²) in [6.45, 7) is 0.171. The van der Waals surface area contributed by atoms with Crippen LogP contribution in [0.1, 0.15) is 6.42 Å². The van der Waals surface area contributed by atoms with Gasteiger partial charge in [-0.1, -0.05) is 6.07 Å². The summed E-state index contributed by atoms with van der Waals surface area (Å²) in [7, 11) is 2.83. The Bertz CT molecular complexity index is 634. The van der Waals surface area contributed by atoms with E-state index in [4.69, 9.17) is 15.4 Å². The average molecular weight is 322 g/mol. The summed E-state index contributed by atoms with van der Waals surface area (Å²) in [6, 6.07) is 4.24. The first-order chi connectivity index (χ1) is 9.31. The van der Waals surface area contributed by atoms with Crippen molar-refractivity contribution in [3.05, 3.63) is 24.0 Å². The van der Waals surface area contributed by atoms with Gasteiger partial charge in [0.2, 0.25) is 15.0 Å². The fraction of sp³-hybridized carbons (Fsp3) is 0.417. The van der Waals surface area contributed by atoms with Crippen molar-refractivity contribution in [3.63, 3.8) is 0 Å². The van der Waals surface area contributed by atoms with Crippen LogP contribution in [-0.2, 0) is 13.8 Å². The molecule has 2 rings (SSSR count). The van der Waals surface area contributed by atoms with Crippen LogP contribution in [0.3, 0.4) is 0 Å². The first kappa shape index (κ1) is 15.1. The number of carbonyl (C=O) groups excluding carboxylic acids is 1. The maximum Gasteiger partial charge on any atom is 0.232 e. The number of hydrogen-bond acceptors (Lipinski definition) is 4. The highest BCUT2D eigenvalue weighted by molar-refractivity contribution is 8.13. The number of amides is 1. The lowest BCUT2D eigenvalue weighted by Gasteiger charge is -2.19. The van der Waals surface area contributed by atoms with Crippen LogP contribution in [0.25, 0.3) is 0 Å². The molecule has 1 unspecified atom stereocenters. The third-order valence-corrected chi connectivity index (χ3v) is 4.33. The highest BCUT2D eigenvalue weighted by atomic mass is 35.7. The summed E-state index contributed by atoms with van der Waals surface area (Å²) >= 11 is 0. The van der Waals surface area contributed by atoms with Crippen LogP contribution in [0.4, 0.5) is 10.1 Å². The number of rotatable bonds is 4. The average Bonchev–Trinajstić information content (AvgIpc) is 2.67. The largest absolute Gasteiger partial charge is 0.492 e. The number of methoxy groups -OCH3 is 1. The number of hydrogen-bond donors (Lipinski definition) is 0. The lowest BCUT2D eigenvalue weighted by molar-refractivity contribution is -0.117. The van der Waals surface area contributed by atoms with Gasteiger partial charge in [-0.2, -0.15) is 0 Å². The molecular weight excluding hydrogens is 309 g/mol. The lowest BCUT2D eigenvalue weighted by atomic mass is 10.1. The zero-order valence-corrected chi connectivity index (χ0v) is 12.2. The molecule has 0 aromatic heterocycles. The monoisotopic (exact) mass is 321 g/mol. The summed E-state index contributed by atoms with van der Waals surface area (Å²) in [5.41, 5.74) is 0.298. The second-order valence-corrected chi connectivity index (χ2v) is 7.39. The molecule has 1 aliphatic heterocycles. The number of carbonyl (C=O) groups is 1. The molecule has 0 radical (unpaired) electrons. The molecule has 110 valence electrons. The summed E-state index contributed by atoms with van der Waals surface area (Å²) in [5.74, 6) is -1.58. The van der Waals surface area contributed by atoms with E-state index in [1.807, 2.05) is 0 Å². The molecule has 0 bridgehead atoms. The van der Waals surface area contributed by atoms with E-state index < -0.39 is 20.8 Å². The Balaban J connectivity index is 2.27. The molecule has 0 saturated carbocycles. The fourth-order valence-electron chi connectivity index (χ4n) is 2.32. The molecule has 1 fully saturated rings. The highest BCUT2D eigenvalue weighted by Gasteiger charge is 2.34. The van der Waals surface area contributed by atoms with Crippen LogP contribution in [-0.4, -0.2) is 33.7 Å². The third kappa shape index (κ3) is 3.21. The Morgan fingerprint density at radius 3 is 2.80 bits per heavy atom. The van der Waals surface area contributed by atoms with Gasteiger partial charge in [0.1, 0.15) is 0 Å². The van der Waals surface area contributed by atoms with E-state index >= 15 is 0 Å². The van der Waals surface area contributed by atoms with E-state index in [2.05, 4.69) is 0 Å². The fourth-order valence-corrected chi connectivity index (χ4v) is 3.64. The van der Waals surface area contributed by atoms with Crippen LogP contribution >= 0.6 is 10.7 Å². The Hall–Kier alpha value is -1.34. The van der Waals surface area contributed by atoms with Crippen molar-refractivity contribution in [2.24, 2.45) is 5.92 Å². The molecule has 1 amide bonds. The quantitative estimate of drug-likeness (QED) is 0.793. The molecule has 5 nitrogen and oxygen atoms in total. The van der Waals surface area contributed by atoms with Crippen molar-refractivity contribution in [1.82, 2.24) is 0 Å². The Morgan fingerprint density at radius 1 is 1.50 bits per heavy atom. The molecular formula is C12H13ClFNO4S. The number of anilines is 1. The second kappa shape index (κ2) is 5.57. The molecule has 1 aromatic rings. The summed E-state index contributed by atoms with van der Waals surface area (Å²) in [6.07, 6.45) is 0.0611. The van der Waals surface area contributed by atoms with Crippen LogP contribution in [0.2, 0.25) is 0 Å². The molecule has 1 atom stereocenters. The van der Waals surface area contributed by atoms with Crippen LogP contribution < -0.4 is 9.64 Å². The number of halogens is 2. The second-order valence-electron chi connectivity index (χ2n) is 4.57. The van der Waals surface area contributed by atoms with Gasteiger partial charge in [-0.25, -0.2) is 12.8 Å². The molecule has 0 aliphatic carbocycles. The number of ether oxygens (including phenoxy) is 1. The Morgan fingerprint density at radius 2 is 2.20 bits per heavy atom. The van der Waals surface area contributed by atoms with E-state index in [1.165, 1.54) is 24.1 Å². The van der Waals surface area contributed by atoms with Crippen LogP contribution in [0.5, 0.6) is 5.75 Å². The van der Waals surface area contributed by atoms with Crippen molar-refractivity contribution >= 4 is 31.3 Å². The molecule has 1 aromatic carbocycles. The number of para-hydroxylation sites is 1. The van der Waals surface area contributed by atoms with Gasteiger partial charge in [0.25, 0.3) is 0 Å². The predicted octanol–water partition coefficient (Wildman–Crippen LogP) is 1.76. The molecule has 8 heteroatoms. The highest BCUT2D eigenvalue weighted by Crippen LogP contribution is 2.35. The van der Waals surface area contributed by atoms with Crippen molar-refractivity contribution in [2.45, 2.75) is 6.42 Å². The zero-order valence-electron chi connectivity index (χ0n) is 10.7. The molecule has 0 N–H and O–H groups in total. The molecule has 1 aliphatic rings. The van der Waals surface area contributed by atoms with Crippen LogP contribution in [0, 0.1) is 11.7 Å². The summed E-state index contributed by atoms with van der Waals surface area (Å²) in [5, 5.41) is 0. The van der Waals surface area contributed by atoms with Crippen molar-refractivity contribution in [2.75, 3.05) is 24.3 Å². The van der Waals surface area contributed by atoms with Gasteiger partial charge in [-0.3, -0.25) is 4.79 Å². The predicted molar refractivity (Wildman–Crippen MR) is 73.1 cm³/mol. The van der Waals surface area contributed by atoms with Crippen molar-refractivity contribution < 1.29 is 22.3 Å². The summed E-state index contributed by atoms with van der Waals surface area (Å²) < 4.78 is 40.7. The first-order valence-corrected chi connectivity index (χ1v) is 8.35. The summed E-state index contributed by atoms with van der Waals surface area (Å²) in [4.78, 5) is 13.3. The van der Waals surface area contributed by atoms with Gasteiger partial charge < -0.3 is 9.64 Å². The van der Waals surface area contributed by atoms with E-state index in [-0.39, 0.29) is 30.4 Å². The topological polar surface area (TPSA) is 63.7 Å². The van der Waals surface area contributed by atoms with Gasteiger partial charge in [0.15, 0.2) is 11.6 Å². The molecule has 20 heavy (non-hydrogen) atoms. The van der Waals surface area contributed by atoms with E-state index in [0.717, 1.165) is 0 Å². The minimum atomic E-state index is -3.67. The minimum absolute atomic E-state index is 0.0322. The number of nitrogens with zero attached hydrogens (tertiary/aromatic N) is 1. The Labute approximate surface area is 120 Å². The maximum atomic E-state index is 13.6. The zero-order chi connectivity index (χ0) is 14.9. The lowest BCUT2D eigenvalue weighted by Crippen LogP contribution is -2.26. The molecule has 1 saturated heterocycles. The maximum absolute atomic E-state index is 13.6. The van der Waals surface area contributed by atoms with Gasteiger partial charge >= 0.3 is 0 Å². The van der Waals surface area contributed by atoms with E-state index in [9.17, 15) is 17.6 Å². The van der Waals surface area contributed by atoms with Gasteiger partial charge in [-0.05, 0) is 12.1 Å². The standard InChI is InChI=1S/C12H13ClFNO4S/c1-19-12-9(14)3-2-4-10(12)15-6-8(5-11(15)16)7-20(13,17)18/h2-4,8H,5-7H2,1H3. The first-order valence-electron chi connectivity index (χ1n) is 5.87.